The van der Waals surface area contributed by atoms with Crippen molar-refractivity contribution in [1.82, 2.24) is 9.80 Å². The lowest BCUT2D eigenvalue weighted by atomic mass is 9.96. The molecule has 0 bridgehead atoms. The molecule has 1 aliphatic rings. The number of methoxy groups -OCH3 is 1. The van der Waals surface area contributed by atoms with E-state index in [0.29, 0.717) is 12.3 Å². The number of aliphatic hydroxyl groups excluding tert-OH is 1. The van der Waals surface area contributed by atoms with E-state index in [2.05, 4.69) is 43.7 Å². The van der Waals surface area contributed by atoms with E-state index >= 15 is 0 Å². The van der Waals surface area contributed by atoms with E-state index in [1.54, 1.807) is 7.11 Å². The first-order valence-corrected chi connectivity index (χ1v) is 9.74. The van der Waals surface area contributed by atoms with Crippen molar-refractivity contribution in [2.45, 2.75) is 33.4 Å². The first kappa shape index (κ1) is 22.0. The zero-order valence-corrected chi connectivity index (χ0v) is 17.5. The highest BCUT2D eigenvalue weighted by atomic mass is 16.5. The third-order valence-corrected chi connectivity index (χ3v) is 4.46. The fourth-order valence-corrected chi connectivity index (χ4v) is 3.48. The summed E-state index contributed by atoms with van der Waals surface area (Å²) in [6, 6.07) is 5.94. The SMILES string of the molecule is COc1cccc(CN(C)CC(C)(C)C)c1OCC(O)CN1CCOCC1. The number of para-hydroxylation sites is 1. The Morgan fingerprint density at radius 3 is 2.59 bits per heavy atom. The normalized spacial score (nSPS) is 17.1. The molecule has 1 atom stereocenters. The van der Waals surface area contributed by atoms with E-state index in [4.69, 9.17) is 14.2 Å². The van der Waals surface area contributed by atoms with Gasteiger partial charge in [-0.05, 0) is 18.5 Å². The number of hydrogen-bond donors (Lipinski definition) is 1. The van der Waals surface area contributed by atoms with E-state index in [1.165, 1.54) is 0 Å². The van der Waals surface area contributed by atoms with Crippen LogP contribution in [-0.2, 0) is 11.3 Å². The lowest BCUT2D eigenvalue weighted by Crippen LogP contribution is -2.42. The molecule has 1 unspecified atom stereocenters. The summed E-state index contributed by atoms with van der Waals surface area (Å²) < 4.78 is 16.9. The highest BCUT2D eigenvalue weighted by molar-refractivity contribution is 5.46. The molecule has 1 aliphatic heterocycles. The molecule has 0 aromatic heterocycles. The minimum atomic E-state index is -0.548. The summed E-state index contributed by atoms with van der Waals surface area (Å²) >= 11 is 0. The fraction of sp³-hybridized carbons (Fsp3) is 0.714. The zero-order chi connectivity index (χ0) is 19.9. The number of benzene rings is 1. The average Bonchev–Trinajstić information content (AvgIpc) is 2.59. The largest absolute Gasteiger partial charge is 0.493 e. The molecule has 0 aliphatic carbocycles. The molecule has 1 aromatic carbocycles. The van der Waals surface area contributed by atoms with Crippen LogP contribution < -0.4 is 9.47 Å². The molecule has 154 valence electrons. The summed E-state index contributed by atoms with van der Waals surface area (Å²) in [5, 5.41) is 10.4. The molecule has 0 amide bonds. The summed E-state index contributed by atoms with van der Waals surface area (Å²) in [5.74, 6) is 1.43. The first-order valence-electron chi connectivity index (χ1n) is 9.74. The van der Waals surface area contributed by atoms with Gasteiger partial charge < -0.3 is 24.2 Å². The summed E-state index contributed by atoms with van der Waals surface area (Å²) in [6.07, 6.45) is -0.548. The fourth-order valence-electron chi connectivity index (χ4n) is 3.48. The Morgan fingerprint density at radius 1 is 1.26 bits per heavy atom. The Balaban J connectivity index is 1.98. The summed E-state index contributed by atoms with van der Waals surface area (Å²) in [7, 11) is 3.76. The topological polar surface area (TPSA) is 54.4 Å². The van der Waals surface area contributed by atoms with Gasteiger partial charge in [0, 0.05) is 38.3 Å². The van der Waals surface area contributed by atoms with Crippen molar-refractivity contribution in [1.29, 1.82) is 0 Å². The minimum Gasteiger partial charge on any atom is -0.493 e. The smallest absolute Gasteiger partial charge is 0.165 e. The minimum absolute atomic E-state index is 0.225. The van der Waals surface area contributed by atoms with Crippen molar-refractivity contribution in [3.05, 3.63) is 23.8 Å². The molecule has 1 N–H and O–H groups in total. The molecule has 0 spiro atoms. The molecular formula is C21H36N2O4. The Kier molecular flexibility index (Phi) is 8.35. The third-order valence-electron chi connectivity index (χ3n) is 4.46. The van der Waals surface area contributed by atoms with E-state index in [0.717, 1.165) is 50.7 Å². The maximum Gasteiger partial charge on any atom is 0.165 e. The van der Waals surface area contributed by atoms with Gasteiger partial charge in [-0.2, -0.15) is 0 Å². The van der Waals surface area contributed by atoms with Gasteiger partial charge in [0.05, 0.1) is 20.3 Å². The molecule has 6 nitrogen and oxygen atoms in total. The number of hydrogen-bond acceptors (Lipinski definition) is 6. The van der Waals surface area contributed by atoms with Crippen LogP contribution in [0.3, 0.4) is 0 Å². The number of ether oxygens (including phenoxy) is 3. The summed E-state index contributed by atoms with van der Waals surface area (Å²) in [5.41, 5.74) is 1.29. The van der Waals surface area contributed by atoms with Crippen LogP contribution in [0.4, 0.5) is 0 Å². The highest BCUT2D eigenvalue weighted by Crippen LogP contribution is 2.32. The van der Waals surface area contributed by atoms with Crippen LogP contribution in [-0.4, -0.2) is 81.2 Å². The molecule has 0 saturated carbocycles. The van der Waals surface area contributed by atoms with Crippen molar-refractivity contribution in [3.8, 4) is 11.5 Å². The zero-order valence-electron chi connectivity index (χ0n) is 17.5. The van der Waals surface area contributed by atoms with Crippen molar-refractivity contribution < 1.29 is 19.3 Å². The Bertz CT molecular complexity index is 568. The van der Waals surface area contributed by atoms with Gasteiger partial charge in [0.2, 0.25) is 0 Å². The quantitative estimate of drug-likeness (QED) is 0.709. The van der Waals surface area contributed by atoms with Crippen molar-refractivity contribution in [3.63, 3.8) is 0 Å². The molecule has 1 saturated heterocycles. The van der Waals surface area contributed by atoms with Crippen LogP contribution >= 0.6 is 0 Å². The number of rotatable bonds is 9. The maximum absolute atomic E-state index is 10.4. The van der Waals surface area contributed by atoms with E-state index < -0.39 is 6.10 Å². The van der Waals surface area contributed by atoms with Gasteiger partial charge in [0.15, 0.2) is 11.5 Å². The number of nitrogens with zero attached hydrogens (tertiary/aromatic N) is 2. The lowest BCUT2D eigenvalue weighted by Gasteiger charge is -2.29. The Morgan fingerprint density at radius 2 is 1.96 bits per heavy atom. The summed E-state index contributed by atoms with van der Waals surface area (Å²) in [4.78, 5) is 4.49. The maximum atomic E-state index is 10.4. The van der Waals surface area contributed by atoms with Crippen LogP contribution in [0.25, 0.3) is 0 Å². The predicted octanol–water partition coefficient (Wildman–Crippen LogP) is 2.25. The van der Waals surface area contributed by atoms with Crippen LogP contribution in [0.1, 0.15) is 26.3 Å². The second-order valence-electron chi connectivity index (χ2n) is 8.56. The molecular weight excluding hydrogens is 344 g/mol. The van der Waals surface area contributed by atoms with Gasteiger partial charge >= 0.3 is 0 Å². The number of morpholine rings is 1. The third kappa shape index (κ3) is 7.66. The van der Waals surface area contributed by atoms with Crippen LogP contribution in [0.5, 0.6) is 11.5 Å². The number of β-amino-alcohol motifs (C(OH)–C–C–N with tert-alkyl or cyclic N) is 1. The van der Waals surface area contributed by atoms with Gasteiger partial charge in [-0.25, -0.2) is 0 Å². The van der Waals surface area contributed by atoms with Crippen molar-refractivity contribution in [2.24, 2.45) is 5.41 Å². The first-order chi connectivity index (χ1) is 12.8. The Hall–Kier alpha value is -1.34. The predicted molar refractivity (Wildman–Crippen MR) is 108 cm³/mol. The number of aliphatic hydroxyl groups is 1. The van der Waals surface area contributed by atoms with Crippen molar-refractivity contribution in [2.75, 3.05) is 60.2 Å². The summed E-state index contributed by atoms with van der Waals surface area (Å²) in [6.45, 7) is 12.4. The van der Waals surface area contributed by atoms with Crippen LogP contribution in [0, 0.1) is 5.41 Å². The molecule has 0 radical (unpaired) electrons. The van der Waals surface area contributed by atoms with Crippen LogP contribution in [0.2, 0.25) is 0 Å². The average molecular weight is 381 g/mol. The highest BCUT2D eigenvalue weighted by Gasteiger charge is 2.19. The van der Waals surface area contributed by atoms with Gasteiger partial charge in [-0.3, -0.25) is 4.90 Å². The van der Waals surface area contributed by atoms with Crippen molar-refractivity contribution >= 4 is 0 Å². The lowest BCUT2D eigenvalue weighted by molar-refractivity contribution is 0.00431. The Labute approximate surface area is 164 Å². The second kappa shape index (κ2) is 10.3. The van der Waals surface area contributed by atoms with E-state index in [1.807, 2.05) is 12.1 Å². The standard InChI is InChI=1S/C21H36N2O4/c1-21(2,3)16-22(4)13-17-7-6-8-19(25-5)20(17)27-15-18(24)14-23-9-11-26-12-10-23/h6-8,18,24H,9-16H2,1-5H3. The molecule has 2 rings (SSSR count). The van der Waals surface area contributed by atoms with Gasteiger partial charge in [0.25, 0.3) is 0 Å². The van der Waals surface area contributed by atoms with Gasteiger partial charge in [-0.15, -0.1) is 0 Å². The van der Waals surface area contributed by atoms with E-state index in [9.17, 15) is 5.11 Å². The van der Waals surface area contributed by atoms with E-state index in [-0.39, 0.29) is 12.0 Å². The molecule has 1 aromatic rings. The van der Waals surface area contributed by atoms with Gasteiger partial charge in [-0.1, -0.05) is 32.9 Å². The monoisotopic (exact) mass is 380 g/mol. The van der Waals surface area contributed by atoms with Crippen LogP contribution in [0.15, 0.2) is 18.2 Å². The molecule has 1 fully saturated rings. The van der Waals surface area contributed by atoms with Gasteiger partial charge in [0.1, 0.15) is 12.7 Å². The molecule has 6 heteroatoms. The molecule has 27 heavy (non-hydrogen) atoms. The second-order valence-corrected chi connectivity index (χ2v) is 8.56. The molecule has 1 heterocycles.